The first-order valence-corrected chi connectivity index (χ1v) is 6.11. The molecule has 0 unspecified atom stereocenters. The summed E-state index contributed by atoms with van der Waals surface area (Å²) in [5, 5.41) is 3.11. The zero-order valence-electron chi connectivity index (χ0n) is 8.75. The van der Waals surface area contributed by atoms with Crippen LogP contribution in [-0.2, 0) is 6.54 Å². The van der Waals surface area contributed by atoms with Crippen molar-refractivity contribution in [2.45, 2.75) is 6.54 Å². The second kappa shape index (κ2) is 6.74. The minimum atomic E-state index is 0.784. The normalized spacial score (nSPS) is 10.1. The molecule has 78 valence electrons. The lowest BCUT2D eigenvalue weighted by Crippen LogP contribution is -2.05. The van der Waals surface area contributed by atoms with Crippen molar-refractivity contribution in [3.8, 4) is 5.75 Å². The van der Waals surface area contributed by atoms with Crippen molar-refractivity contribution in [2.24, 2.45) is 0 Å². The molecule has 14 heavy (non-hydrogen) atoms. The molecule has 1 rings (SSSR count). The van der Waals surface area contributed by atoms with E-state index in [4.69, 9.17) is 4.74 Å². The smallest absolute Gasteiger partial charge is 0.119 e. The average Bonchev–Trinajstić information content (AvgIpc) is 2.21. The van der Waals surface area contributed by atoms with Crippen molar-refractivity contribution in [3.05, 3.63) is 29.8 Å². The molecule has 2 nitrogen and oxygen atoms in total. The molecule has 0 saturated heterocycles. The maximum absolute atomic E-state index is 5.54. The van der Waals surface area contributed by atoms with Gasteiger partial charge in [-0.1, -0.05) is 12.1 Å². The number of benzene rings is 1. The predicted molar refractivity (Wildman–Crippen MR) is 63.1 cm³/mol. The molecule has 0 atom stereocenters. The van der Waals surface area contributed by atoms with Gasteiger partial charge < -0.3 is 10.1 Å². The molecule has 0 aliphatic rings. The highest BCUT2D eigenvalue weighted by atomic mass is 32.2. The fraction of sp³-hybridized carbons (Fsp3) is 0.455. The van der Waals surface area contributed by atoms with Crippen LogP contribution in [0.4, 0.5) is 0 Å². The Morgan fingerprint density at radius 2 is 2.00 bits per heavy atom. The summed E-state index contributed by atoms with van der Waals surface area (Å²) in [4.78, 5) is 0. The molecule has 0 fully saturated rings. The summed E-state index contributed by atoms with van der Waals surface area (Å²) in [6.45, 7) is 1.69. The Labute approximate surface area is 90.0 Å². The van der Waals surface area contributed by atoms with Crippen molar-refractivity contribution >= 4 is 11.8 Å². The zero-order chi connectivity index (χ0) is 10.2. The Morgan fingerprint density at radius 1 is 1.29 bits per heavy atom. The van der Waals surface area contributed by atoms with Crippen molar-refractivity contribution in [1.82, 2.24) is 5.32 Å². The van der Waals surface area contributed by atoms with E-state index >= 15 is 0 Å². The van der Waals surface area contributed by atoms with Crippen LogP contribution in [-0.4, -0.2) is 25.7 Å². The highest BCUT2D eigenvalue weighted by molar-refractivity contribution is 7.98. The monoisotopic (exact) mass is 211 g/mol. The maximum atomic E-state index is 5.54. The van der Waals surface area contributed by atoms with Crippen LogP contribution in [0.5, 0.6) is 5.75 Å². The fourth-order valence-electron chi connectivity index (χ4n) is 1.15. The molecular weight excluding hydrogens is 194 g/mol. The first kappa shape index (κ1) is 11.4. The van der Waals surface area contributed by atoms with Crippen molar-refractivity contribution < 1.29 is 4.74 Å². The molecule has 0 saturated carbocycles. The molecule has 1 aromatic carbocycles. The van der Waals surface area contributed by atoms with Crippen molar-refractivity contribution in [1.29, 1.82) is 0 Å². The molecule has 0 amide bonds. The van der Waals surface area contributed by atoms with Crippen LogP contribution in [0.15, 0.2) is 24.3 Å². The molecule has 0 radical (unpaired) electrons. The Bertz CT molecular complexity index is 248. The quantitative estimate of drug-likeness (QED) is 0.729. The largest absolute Gasteiger partial charge is 0.493 e. The summed E-state index contributed by atoms with van der Waals surface area (Å²) >= 11 is 1.80. The standard InChI is InChI=1S/C11H17NOS/c1-12-9-10-3-5-11(6-4-10)13-7-8-14-2/h3-6,12H,7-9H2,1-2H3. The lowest BCUT2D eigenvalue weighted by Gasteiger charge is -2.05. The van der Waals surface area contributed by atoms with E-state index in [9.17, 15) is 0 Å². The Kier molecular flexibility index (Phi) is 5.49. The van der Waals surface area contributed by atoms with E-state index in [-0.39, 0.29) is 0 Å². The number of nitrogens with one attached hydrogen (secondary N) is 1. The third-order valence-electron chi connectivity index (χ3n) is 1.86. The second-order valence-electron chi connectivity index (χ2n) is 3.02. The molecule has 1 N–H and O–H groups in total. The van der Waals surface area contributed by atoms with Gasteiger partial charge in [-0.25, -0.2) is 0 Å². The number of hydrogen-bond donors (Lipinski definition) is 1. The van der Waals surface area contributed by atoms with E-state index < -0.39 is 0 Å². The van der Waals surface area contributed by atoms with E-state index in [2.05, 4.69) is 23.7 Å². The van der Waals surface area contributed by atoms with Crippen molar-refractivity contribution in [3.63, 3.8) is 0 Å². The van der Waals surface area contributed by atoms with Gasteiger partial charge in [0, 0.05) is 12.3 Å². The minimum Gasteiger partial charge on any atom is -0.493 e. The van der Waals surface area contributed by atoms with Crippen LogP contribution in [0.3, 0.4) is 0 Å². The van der Waals surface area contributed by atoms with Gasteiger partial charge in [-0.05, 0) is 31.0 Å². The van der Waals surface area contributed by atoms with Gasteiger partial charge >= 0.3 is 0 Å². The van der Waals surface area contributed by atoms with Gasteiger partial charge in [-0.3, -0.25) is 0 Å². The summed E-state index contributed by atoms with van der Waals surface area (Å²) in [7, 11) is 1.95. The predicted octanol–water partition coefficient (Wildman–Crippen LogP) is 2.15. The van der Waals surface area contributed by atoms with E-state index in [0.29, 0.717) is 0 Å². The molecule has 0 spiro atoms. The summed E-state index contributed by atoms with van der Waals surface area (Å²) in [6.07, 6.45) is 2.08. The molecule has 0 bridgehead atoms. The fourth-order valence-corrected chi connectivity index (χ4v) is 1.40. The third-order valence-corrected chi connectivity index (χ3v) is 2.44. The molecular formula is C11H17NOS. The minimum absolute atomic E-state index is 0.784. The lowest BCUT2D eigenvalue weighted by molar-refractivity contribution is 0.344. The average molecular weight is 211 g/mol. The van der Waals surface area contributed by atoms with Gasteiger partial charge in [0.15, 0.2) is 0 Å². The lowest BCUT2D eigenvalue weighted by atomic mass is 10.2. The van der Waals surface area contributed by atoms with E-state index in [1.807, 2.05) is 19.2 Å². The highest BCUT2D eigenvalue weighted by Crippen LogP contribution is 2.12. The second-order valence-corrected chi connectivity index (χ2v) is 4.00. The Hall–Kier alpha value is -0.670. The molecule has 0 heterocycles. The Morgan fingerprint density at radius 3 is 2.57 bits per heavy atom. The van der Waals surface area contributed by atoms with Crippen LogP contribution in [0, 0.1) is 0 Å². The Balaban J connectivity index is 2.38. The highest BCUT2D eigenvalue weighted by Gasteiger charge is 1.94. The SMILES string of the molecule is CNCc1ccc(OCCSC)cc1. The van der Waals surface area contributed by atoms with Crippen LogP contribution < -0.4 is 10.1 Å². The summed E-state index contributed by atoms with van der Waals surface area (Å²) in [5.41, 5.74) is 1.28. The number of thioether (sulfide) groups is 1. The van der Waals surface area contributed by atoms with Gasteiger partial charge in [0.2, 0.25) is 0 Å². The summed E-state index contributed by atoms with van der Waals surface area (Å²) in [5.74, 6) is 2.00. The van der Waals surface area contributed by atoms with Gasteiger partial charge in [0.05, 0.1) is 6.61 Å². The van der Waals surface area contributed by atoms with E-state index in [1.54, 1.807) is 11.8 Å². The summed E-state index contributed by atoms with van der Waals surface area (Å²) in [6, 6.07) is 8.22. The first-order valence-electron chi connectivity index (χ1n) is 4.72. The summed E-state index contributed by atoms with van der Waals surface area (Å²) < 4.78 is 5.54. The number of hydrogen-bond acceptors (Lipinski definition) is 3. The molecule has 0 aromatic heterocycles. The van der Waals surface area contributed by atoms with Crippen molar-refractivity contribution in [2.75, 3.05) is 25.7 Å². The number of rotatable bonds is 6. The maximum Gasteiger partial charge on any atom is 0.119 e. The van der Waals surface area contributed by atoms with E-state index in [1.165, 1.54) is 5.56 Å². The van der Waals surface area contributed by atoms with Gasteiger partial charge in [-0.2, -0.15) is 11.8 Å². The van der Waals surface area contributed by atoms with E-state index in [0.717, 1.165) is 24.7 Å². The van der Waals surface area contributed by atoms with Crippen LogP contribution >= 0.6 is 11.8 Å². The van der Waals surface area contributed by atoms with Crippen LogP contribution in [0.1, 0.15) is 5.56 Å². The molecule has 0 aliphatic heterocycles. The molecule has 3 heteroatoms. The molecule has 0 aliphatic carbocycles. The first-order chi connectivity index (χ1) is 6.86. The van der Waals surface area contributed by atoms with Gasteiger partial charge in [0.1, 0.15) is 5.75 Å². The molecule has 1 aromatic rings. The van der Waals surface area contributed by atoms with Gasteiger partial charge in [-0.15, -0.1) is 0 Å². The van der Waals surface area contributed by atoms with Crippen LogP contribution in [0.2, 0.25) is 0 Å². The topological polar surface area (TPSA) is 21.3 Å². The third kappa shape index (κ3) is 4.03. The zero-order valence-corrected chi connectivity index (χ0v) is 9.56. The van der Waals surface area contributed by atoms with Crippen LogP contribution in [0.25, 0.3) is 0 Å². The van der Waals surface area contributed by atoms with Gasteiger partial charge in [0.25, 0.3) is 0 Å². The number of ether oxygens (including phenoxy) is 1.